The minimum absolute atomic E-state index is 0.0351. The van der Waals surface area contributed by atoms with Gasteiger partial charge in [-0.2, -0.15) is 0 Å². The zero-order chi connectivity index (χ0) is 15.4. The van der Waals surface area contributed by atoms with Crippen LogP contribution in [0, 0.1) is 10.1 Å². The second-order valence-corrected chi connectivity index (χ2v) is 4.39. The fourth-order valence-electron chi connectivity index (χ4n) is 1.54. The van der Waals surface area contributed by atoms with Gasteiger partial charge in [0.25, 0.3) is 11.8 Å². The molecule has 1 N–H and O–H groups in total. The summed E-state index contributed by atoms with van der Waals surface area (Å²) in [4.78, 5) is 37.1. The van der Waals surface area contributed by atoms with Crippen LogP contribution in [0.3, 0.4) is 0 Å². The molecule has 0 saturated heterocycles. The van der Waals surface area contributed by atoms with Crippen molar-refractivity contribution >= 4 is 29.2 Å². The first-order chi connectivity index (χ1) is 9.97. The van der Waals surface area contributed by atoms with E-state index in [1.807, 2.05) is 0 Å². The summed E-state index contributed by atoms with van der Waals surface area (Å²) in [6, 6.07) is 8.31. The number of amides is 2. The SMILES string of the molecule is O=C(NC(=O)c1ccnc([N+](=O)[O-])c1)c1cccc(Cl)c1. The van der Waals surface area contributed by atoms with Crippen LogP contribution in [0.2, 0.25) is 5.02 Å². The molecule has 2 aromatic rings. The van der Waals surface area contributed by atoms with Gasteiger partial charge in [-0.25, -0.2) is 0 Å². The van der Waals surface area contributed by atoms with Gasteiger partial charge >= 0.3 is 5.82 Å². The number of nitrogens with one attached hydrogen (secondary N) is 1. The minimum atomic E-state index is -0.759. The molecule has 0 aliphatic carbocycles. The zero-order valence-corrected chi connectivity index (χ0v) is 11.2. The third-order valence-corrected chi connectivity index (χ3v) is 2.74. The topological polar surface area (TPSA) is 102 Å². The highest BCUT2D eigenvalue weighted by Gasteiger charge is 2.16. The van der Waals surface area contributed by atoms with Gasteiger partial charge in [0.15, 0.2) is 0 Å². The summed E-state index contributed by atoms with van der Waals surface area (Å²) in [5, 5.41) is 13.1. The third kappa shape index (κ3) is 3.61. The van der Waals surface area contributed by atoms with E-state index in [0.717, 1.165) is 12.3 Å². The van der Waals surface area contributed by atoms with E-state index in [0.29, 0.717) is 5.02 Å². The van der Waals surface area contributed by atoms with Crippen molar-refractivity contribution in [1.82, 2.24) is 10.3 Å². The summed E-state index contributed by atoms with van der Waals surface area (Å²) in [7, 11) is 0. The van der Waals surface area contributed by atoms with E-state index in [1.54, 1.807) is 12.1 Å². The monoisotopic (exact) mass is 305 g/mol. The lowest BCUT2D eigenvalue weighted by Crippen LogP contribution is -2.30. The molecule has 21 heavy (non-hydrogen) atoms. The predicted molar refractivity (Wildman–Crippen MR) is 74.1 cm³/mol. The molecule has 7 nitrogen and oxygen atoms in total. The first-order valence-electron chi connectivity index (χ1n) is 5.69. The lowest BCUT2D eigenvalue weighted by Gasteiger charge is -2.04. The van der Waals surface area contributed by atoms with Gasteiger partial charge in [-0.05, 0) is 34.2 Å². The summed E-state index contributed by atoms with van der Waals surface area (Å²) in [6.07, 6.45) is 1.12. The highest BCUT2D eigenvalue weighted by atomic mass is 35.5. The number of pyridine rings is 1. The van der Waals surface area contributed by atoms with Crippen molar-refractivity contribution < 1.29 is 14.5 Å². The van der Waals surface area contributed by atoms with E-state index < -0.39 is 22.6 Å². The maximum Gasteiger partial charge on any atom is 0.364 e. The van der Waals surface area contributed by atoms with Crippen LogP contribution in [0.1, 0.15) is 20.7 Å². The molecular formula is C13H8ClN3O4. The van der Waals surface area contributed by atoms with Gasteiger partial charge in [-0.1, -0.05) is 17.7 Å². The number of imide groups is 1. The molecule has 0 radical (unpaired) electrons. The average Bonchev–Trinajstić information content (AvgIpc) is 2.47. The van der Waals surface area contributed by atoms with Crippen molar-refractivity contribution in [1.29, 1.82) is 0 Å². The van der Waals surface area contributed by atoms with Crippen LogP contribution < -0.4 is 5.32 Å². The first-order valence-corrected chi connectivity index (χ1v) is 6.07. The number of hydrogen-bond donors (Lipinski definition) is 1. The summed E-state index contributed by atoms with van der Waals surface area (Å²) in [5.41, 5.74) is 0.173. The van der Waals surface area contributed by atoms with E-state index in [2.05, 4.69) is 10.3 Å². The predicted octanol–water partition coefficient (Wildman–Crippen LogP) is 2.21. The number of halogens is 1. The fourth-order valence-corrected chi connectivity index (χ4v) is 1.73. The van der Waals surface area contributed by atoms with Crippen molar-refractivity contribution in [3.8, 4) is 0 Å². The maximum absolute atomic E-state index is 11.9. The van der Waals surface area contributed by atoms with Gasteiger partial charge in [-0.15, -0.1) is 0 Å². The van der Waals surface area contributed by atoms with E-state index >= 15 is 0 Å². The van der Waals surface area contributed by atoms with E-state index in [1.165, 1.54) is 18.2 Å². The molecule has 0 atom stereocenters. The molecule has 2 rings (SSSR count). The zero-order valence-electron chi connectivity index (χ0n) is 10.4. The van der Waals surface area contributed by atoms with E-state index in [4.69, 9.17) is 11.6 Å². The Morgan fingerprint density at radius 2 is 1.81 bits per heavy atom. The number of carbonyl (C=O) groups excluding carboxylic acids is 2. The summed E-state index contributed by atoms with van der Waals surface area (Å²) in [6.45, 7) is 0. The molecule has 0 saturated carbocycles. The lowest BCUT2D eigenvalue weighted by molar-refractivity contribution is -0.389. The first kappa shape index (κ1) is 14.6. The number of rotatable bonds is 3. The van der Waals surface area contributed by atoms with Crippen molar-refractivity contribution in [2.45, 2.75) is 0 Å². The summed E-state index contributed by atoms with van der Waals surface area (Å²) < 4.78 is 0. The number of carbonyl (C=O) groups is 2. The van der Waals surface area contributed by atoms with Gasteiger partial charge in [0.05, 0.1) is 5.56 Å². The van der Waals surface area contributed by atoms with Crippen LogP contribution in [0.15, 0.2) is 42.6 Å². The summed E-state index contributed by atoms with van der Waals surface area (Å²) in [5.74, 6) is -1.88. The van der Waals surface area contributed by atoms with Crippen molar-refractivity contribution in [2.24, 2.45) is 0 Å². The Labute approximate surface area is 123 Å². The molecular weight excluding hydrogens is 298 g/mol. The highest BCUT2D eigenvalue weighted by Crippen LogP contribution is 2.12. The van der Waals surface area contributed by atoms with Crippen molar-refractivity contribution in [3.63, 3.8) is 0 Å². The molecule has 2 amide bonds. The van der Waals surface area contributed by atoms with Gasteiger partial charge < -0.3 is 10.1 Å². The molecule has 0 bridgehead atoms. The Hall–Kier alpha value is -2.80. The van der Waals surface area contributed by atoms with Crippen LogP contribution in [-0.4, -0.2) is 21.7 Å². The van der Waals surface area contributed by atoms with Crippen LogP contribution in [0.5, 0.6) is 0 Å². The molecule has 0 fully saturated rings. The number of nitro groups is 1. The number of nitrogens with zero attached hydrogens (tertiary/aromatic N) is 2. The van der Waals surface area contributed by atoms with Crippen LogP contribution >= 0.6 is 11.6 Å². The van der Waals surface area contributed by atoms with Crippen molar-refractivity contribution in [2.75, 3.05) is 0 Å². The molecule has 0 spiro atoms. The summed E-state index contributed by atoms with van der Waals surface area (Å²) >= 11 is 5.75. The maximum atomic E-state index is 11.9. The standard InChI is InChI=1S/C13H8ClN3O4/c14-10-3-1-2-8(6-10)12(18)16-13(19)9-4-5-15-11(7-9)17(20)21/h1-7H,(H,16,18,19). The second kappa shape index (κ2) is 6.10. The molecule has 1 aromatic carbocycles. The smallest absolute Gasteiger partial charge is 0.358 e. The molecule has 1 heterocycles. The lowest BCUT2D eigenvalue weighted by atomic mass is 10.2. The Kier molecular flexibility index (Phi) is 4.24. The highest BCUT2D eigenvalue weighted by molar-refractivity contribution is 6.31. The van der Waals surface area contributed by atoms with E-state index in [-0.39, 0.29) is 11.1 Å². The molecule has 0 aliphatic rings. The molecule has 0 unspecified atom stereocenters. The fraction of sp³-hybridized carbons (Fsp3) is 0. The Balaban J connectivity index is 2.16. The average molecular weight is 306 g/mol. The molecule has 1 aromatic heterocycles. The van der Waals surface area contributed by atoms with Gasteiger partial charge in [-0.3, -0.25) is 14.9 Å². The largest absolute Gasteiger partial charge is 0.364 e. The van der Waals surface area contributed by atoms with Crippen LogP contribution in [0.25, 0.3) is 0 Å². The van der Waals surface area contributed by atoms with Crippen LogP contribution in [-0.2, 0) is 0 Å². The van der Waals surface area contributed by atoms with Gasteiger partial charge in [0, 0.05) is 16.7 Å². The number of hydrogen-bond acceptors (Lipinski definition) is 5. The third-order valence-electron chi connectivity index (χ3n) is 2.51. The van der Waals surface area contributed by atoms with Crippen LogP contribution in [0.4, 0.5) is 5.82 Å². The second-order valence-electron chi connectivity index (χ2n) is 3.95. The minimum Gasteiger partial charge on any atom is -0.358 e. The molecule has 0 aliphatic heterocycles. The van der Waals surface area contributed by atoms with Crippen molar-refractivity contribution in [3.05, 3.63) is 68.9 Å². The van der Waals surface area contributed by atoms with E-state index in [9.17, 15) is 19.7 Å². The quantitative estimate of drug-likeness (QED) is 0.532. The normalized spacial score (nSPS) is 9.95. The van der Waals surface area contributed by atoms with Gasteiger partial charge in [0.2, 0.25) is 0 Å². The van der Waals surface area contributed by atoms with Gasteiger partial charge in [0.1, 0.15) is 6.20 Å². The molecule has 8 heteroatoms. The number of benzene rings is 1. The molecule has 106 valence electrons. The Bertz CT molecular complexity index is 733. The Morgan fingerprint density at radius 3 is 2.43 bits per heavy atom. The Morgan fingerprint density at radius 1 is 1.14 bits per heavy atom. The number of aromatic nitrogens is 1.